The Bertz CT molecular complexity index is 946. The average molecular weight is 404 g/mol. The molecule has 4 N–H and O–H groups in total. The van der Waals surface area contributed by atoms with Gasteiger partial charge in [0.2, 0.25) is 0 Å². The van der Waals surface area contributed by atoms with Crippen LogP contribution >= 0.6 is 15.9 Å². The van der Waals surface area contributed by atoms with Crippen molar-refractivity contribution in [2.24, 2.45) is 0 Å². The zero-order chi connectivity index (χ0) is 18.2. The number of rotatable bonds is 2. The van der Waals surface area contributed by atoms with Gasteiger partial charge in [-0.2, -0.15) is 5.10 Å². The maximum Gasteiger partial charge on any atom is 0.413 e. The van der Waals surface area contributed by atoms with Crippen molar-refractivity contribution in [1.82, 2.24) is 15.2 Å². The Labute approximate surface area is 153 Å². The number of nitrogens with two attached hydrogens (primary N) is 1. The van der Waals surface area contributed by atoms with Gasteiger partial charge < -0.3 is 10.5 Å². The molecule has 1 amide bonds. The molecule has 25 heavy (non-hydrogen) atoms. The SMILES string of the molecule is CC(C)(C)OC(=O)Nc1cc(-c2cc(Br)c3[nH]nc(N)c3c2)ccn1. The number of hydrogen-bond donors (Lipinski definition) is 3. The number of hydrogen-bond acceptors (Lipinski definition) is 5. The highest BCUT2D eigenvalue weighted by Gasteiger charge is 2.17. The van der Waals surface area contributed by atoms with Crippen LogP contribution in [-0.2, 0) is 4.74 Å². The van der Waals surface area contributed by atoms with Gasteiger partial charge in [-0.25, -0.2) is 9.78 Å². The first-order chi connectivity index (χ1) is 11.7. The molecule has 0 atom stereocenters. The molecule has 3 aromatic rings. The molecule has 0 saturated heterocycles. The number of ether oxygens (including phenoxy) is 1. The predicted octanol–water partition coefficient (Wildman–Crippen LogP) is 4.32. The quantitative estimate of drug-likeness (QED) is 0.590. The molecule has 130 valence electrons. The third kappa shape index (κ3) is 3.90. The smallest absolute Gasteiger partial charge is 0.413 e. The fraction of sp³-hybridized carbons (Fsp3) is 0.235. The summed E-state index contributed by atoms with van der Waals surface area (Å²) in [7, 11) is 0. The van der Waals surface area contributed by atoms with Gasteiger partial charge in [-0.3, -0.25) is 10.4 Å². The molecular weight excluding hydrogens is 386 g/mol. The standard InChI is InChI=1S/C17H18BrN5O2/c1-17(2,3)25-16(24)21-13-8-9(4-5-20-13)10-6-11-14(12(18)7-10)22-23-15(11)19/h4-8H,1-3H3,(H3,19,22,23)(H,20,21,24). The van der Waals surface area contributed by atoms with Gasteiger partial charge in [0, 0.05) is 16.1 Å². The lowest BCUT2D eigenvalue weighted by Crippen LogP contribution is -2.27. The molecule has 0 radical (unpaired) electrons. The van der Waals surface area contributed by atoms with E-state index in [0.717, 1.165) is 26.5 Å². The number of aromatic nitrogens is 3. The Morgan fingerprint density at radius 1 is 1.28 bits per heavy atom. The predicted molar refractivity (Wildman–Crippen MR) is 101 cm³/mol. The van der Waals surface area contributed by atoms with Gasteiger partial charge in [0.05, 0.1) is 5.52 Å². The van der Waals surface area contributed by atoms with E-state index in [4.69, 9.17) is 10.5 Å². The van der Waals surface area contributed by atoms with Crippen LogP contribution in [0, 0.1) is 0 Å². The summed E-state index contributed by atoms with van der Waals surface area (Å²) >= 11 is 3.52. The van der Waals surface area contributed by atoms with E-state index in [1.54, 1.807) is 33.0 Å². The van der Waals surface area contributed by atoms with Crippen molar-refractivity contribution in [3.05, 3.63) is 34.9 Å². The van der Waals surface area contributed by atoms with Gasteiger partial charge in [0.1, 0.15) is 11.4 Å². The fourth-order valence-corrected chi connectivity index (χ4v) is 2.90. The highest BCUT2D eigenvalue weighted by molar-refractivity contribution is 9.10. The molecule has 0 saturated carbocycles. The van der Waals surface area contributed by atoms with Crippen molar-refractivity contribution in [2.45, 2.75) is 26.4 Å². The number of benzene rings is 1. The molecule has 0 fully saturated rings. The zero-order valence-electron chi connectivity index (χ0n) is 14.1. The summed E-state index contributed by atoms with van der Waals surface area (Å²) in [6.07, 6.45) is 1.08. The van der Waals surface area contributed by atoms with E-state index < -0.39 is 11.7 Å². The van der Waals surface area contributed by atoms with Gasteiger partial charge in [0.25, 0.3) is 0 Å². The van der Waals surface area contributed by atoms with Crippen molar-refractivity contribution in [3.8, 4) is 11.1 Å². The van der Waals surface area contributed by atoms with Gasteiger partial charge in [-0.15, -0.1) is 0 Å². The van der Waals surface area contributed by atoms with Crippen LogP contribution in [0.25, 0.3) is 22.0 Å². The minimum absolute atomic E-state index is 0.406. The molecular formula is C17H18BrN5O2. The van der Waals surface area contributed by atoms with Crippen LogP contribution in [0.5, 0.6) is 0 Å². The van der Waals surface area contributed by atoms with E-state index >= 15 is 0 Å². The molecule has 2 heterocycles. The number of H-pyrrole nitrogens is 1. The van der Waals surface area contributed by atoms with Gasteiger partial charge >= 0.3 is 6.09 Å². The number of fused-ring (bicyclic) bond motifs is 1. The lowest BCUT2D eigenvalue weighted by molar-refractivity contribution is 0.0635. The van der Waals surface area contributed by atoms with Crippen LogP contribution in [0.1, 0.15) is 20.8 Å². The molecule has 0 aliphatic rings. The third-order valence-electron chi connectivity index (χ3n) is 3.38. The third-order valence-corrected chi connectivity index (χ3v) is 4.00. The normalized spacial score (nSPS) is 11.5. The van der Waals surface area contributed by atoms with E-state index in [-0.39, 0.29) is 0 Å². The first-order valence-electron chi connectivity index (χ1n) is 7.62. The first-order valence-corrected chi connectivity index (χ1v) is 8.42. The van der Waals surface area contributed by atoms with Crippen LogP contribution in [-0.4, -0.2) is 26.9 Å². The maximum atomic E-state index is 11.9. The summed E-state index contributed by atoms with van der Waals surface area (Å²) in [6, 6.07) is 7.51. The Kier molecular flexibility index (Phi) is 4.38. The van der Waals surface area contributed by atoms with Crippen LogP contribution in [0.15, 0.2) is 34.9 Å². The van der Waals surface area contributed by atoms with Crippen LogP contribution in [0.2, 0.25) is 0 Å². The van der Waals surface area contributed by atoms with Crippen LogP contribution in [0.3, 0.4) is 0 Å². The Morgan fingerprint density at radius 3 is 2.76 bits per heavy atom. The summed E-state index contributed by atoms with van der Waals surface area (Å²) in [5.74, 6) is 0.835. The first kappa shape index (κ1) is 17.2. The van der Waals surface area contributed by atoms with Crippen LogP contribution in [0.4, 0.5) is 16.4 Å². The Hall–Kier alpha value is -2.61. The summed E-state index contributed by atoms with van der Waals surface area (Å²) in [4.78, 5) is 16.1. The number of nitrogens with one attached hydrogen (secondary N) is 2. The number of carbonyl (C=O) groups excluding carboxylic acids is 1. The van der Waals surface area contributed by atoms with Crippen LogP contribution < -0.4 is 11.1 Å². The highest BCUT2D eigenvalue weighted by atomic mass is 79.9. The van der Waals surface area contributed by atoms with Crippen molar-refractivity contribution < 1.29 is 9.53 Å². The summed E-state index contributed by atoms with van der Waals surface area (Å²) in [6.45, 7) is 5.41. The van der Waals surface area contributed by atoms with E-state index in [1.165, 1.54) is 0 Å². The van der Waals surface area contributed by atoms with Crippen molar-refractivity contribution in [1.29, 1.82) is 0 Å². The number of amides is 1. The van der Waals surface area contributed by atoms with E-state index in [1.807, 2.05) is 18.2 Å². The van der Waals surface area contributed by atoms with Crippen molar-refractivity contribution in [3.63, 3.8) is 0 Å². The Morgan fingerprint density at radius 2 is 2.04 bits per heavy atom. The van der Waals surface area contributed by atoms with E-state index in [9.17, 15) is 4.79 Å². The van der Waals surface area contributed by atoms with E-state index in [2.05, 4.69) is 36.4 Å². The van der Waals surface area contributed by atoms with Gasteiger partial charge in [-0.1, -0.05) is 0 Å². The largest absolute Gasteiger partial charge is 0.444 e. The second-order valence-corrected chi connectivity index (χ2v) is 7.40. The molecule has 1 aromatic carbocycles. The number of anilines is 2. The van der Waals surface area contributed by atoms with Crippen molar-refractivity contribution >= 4 is 44.6 Å². The maximum absolute atomic E-state index is 11.9. The molecule has 0 aliphatic heterocycles. The highest BCUT2D eigenvalue weighted by Crippen LogP contribution is 2.32. The minimum atomic E-state index is -0.573. The number of aromatic amines is 1. The molecule has 0 spiro atoms. The fourth-order valence-electron chi connectivity index (χ4n) is 2.35. The molecule has 7 nitrogen and oxygen atoms in total. The summed E-state index contributed by atoms with van der Waals surface area (Å²) < 4.78 is 6.09. The topological polar surface area (TPSA) is 106 Å². The summed E-state index contributed by atoms with van der Waals surface area (Å²) in [5, 5.41) is 10.4. The van der Waals surface area contributed by atoms with E-state index in [0.29, 0.717) is 11.6 Å². The molecule has 0 bridgehead atoms. The lowest BCUT2D eigenvalue weighted by atomic mass is 10.0. The lowest BCUT2D eigenvalue weighted by Gasteiger charge is -2.19. The zero-order valence-corrected chi connectivity index (χ0v) is 15.6. The number of pyridine rings is 1. The molecule has 0 aliphatic carbocycles. The number of nitrogen functional groups attached to an aromatic ring is 1. The molecule has 0 unspecified atom stereocenters. The summed E-state index contributed by atoms with van der Waals surface area (Å²) in [5.41, 5.74) is 7.96. The molecule has 3 rings (SSSR count). The average Bonchev–Trinajstić information content (AvgIpc) is 2.87. The number of carbonyl (C=O) groups is 1. The second-order valence-electron chi connectivity index (χ2n) is 6.55. The second kappa shape index (κ2) is 6.36. The van der Waals surface area contributed by atoms with Gasteiger partial charge in [0.15, 0.2) is 5.82 Å². The number of halogens is 1. The monoisotopic (exact) mass is 403 g/mol. The molecule has 2 aromatic heterocycles. The minimum Gasteiger partial charge on any atom is -0.444 e. The number of nitrogens with zero attached hydrogens (tertiary/aromatic N) is 2. The van der Waals surface area contributed by atoms with Gasteiger partial charge in [-0.05, 0) is 72.1 Å². The molecule has 8 heteroatoms. The Balaban J connectivity index is 1.91. The van der Waals surface area contributed by atoms with Crippen molar-refractivity contribution in [2.75, 3.05) is 11.1 Å².